The van der Waals surface area contributed by atoms with Crippen LogP contribution in [0.25, 0.3) is 0 Å². The SMILES string of the molecule is COc1ccc(C(O)C=C(C)C)c(OC)c1. The molecule has 0 aliphatic carbocycles. The van der Waals surface area contributed by atoms with Gasteiger partial charge in [0.2, 0.25) is 0 Å². The van der Waals surface area contributed by atoms with Crippen LogP contribution in [0.3, 0.4) is 0 Å². The smallest absolute Gasteiger partial charge is 0.128 e. The highest BCUT2D eigenvalue weighted by Crippen LogP contribution is 2.30. The van der Waals surface area contributed by atoms with Gasteiger partial charge in [-0.1, -0.05) is 11.6 Å². The van der Waals surface area contributed by atoms with Gasteiger partial charge in [0.15, 0.2) is 0 Å². The second kappa shape index (κ2) is 5.56. The van der Waals surface area contributed by atoms with E-state index in [2.05, 4.69) is 0 Å². The van der Waals surface area contributed by atoms with Gasteiger partial charge in [-0.25, -0.2) is 0 Å². The minimum atomic E-state index is -0.647. The molecule has 0 saturated heterocycles. The summed E-state index contributed by atoms with van der Waals surface area (Å²) in [6, 6.07) is 5.37. The lowest BCUT2D eigenvalue weighted by Gasteiger charge is -2.13. The zero-order chi connectivity index (χ0) is 12.1. The zero-order valence-corrected chi connectivity index (χ0v) is 10.2. The molecule has 0 spiro atoms. The van der Waals surface area contributed by atoms with E-state index in [0.29, 0.717) is 11.5 Å². The molecule has 0 aromatic heterocycles. The van der Waals surface area contributed by atoms with Crippen LogP contribution in [0, 0.1) is 0 Å². The first-order chi connectivity index (χ1) is 7.58. The lowest BCUT2D eigenvalue weighted by atomic mass is 10.1. The maximum absolute atomic E-state index is 9.97. The number of aliphatic hydroxyl groups is 1. The highest BCUT2D eigenvalue weighted by molar-refractivity contribution is 5.43. The van der Waals surface area contributed by atoms with Crippen molar-refractivity contribution < 1.29 is 14.6 Å². The number of ether oxygens (including phenoxy) is 2. The van der Waals surface area contributed by atoms with Gasteiger partial charge in [-0.15, -0.1) is 0 Å². The third kappa shape index (κ3) is 3.00. The van der Waals surface area contributed by atoms with E-state index in [-0.39, 0.29) is 0 Å². The molecular weight excluding hydrogens is 204 g/mol. The molecule has 0 bridgehead atoms. The number of allylic oxidation sites excluding steroid dienone is 1. The Hall–Kier alpha value is -1.48. The van der Waals surface area contributed by atoms with Crippen LogP contribution in [-0.4, -0.2) is 19.3 Å². The Labute approximate surface area is 96.3 Å². The van der Waals surface area contributed by atoms with Crippen LogP contribution < -0.4 is 9.47 Å². The third-order valence-electron chi connectivity index (χ3n) is 2.25. The first kappa shape index (κ1) is 12.6. The van der Waals surface area contributed by atoms with Gasteiger partial charge in [0.25, 0.3) is 0 Å². The van der Waals surface area contributed by atoms with E-state index >= 15 is 0 Å². The number of hydrogen-bond donors (Lipinski definition) is 1. The molecule has 16 heavy (non-hydrogen) atoms. The molecule has 0 aliphatic heterocycles. The molecule has 88 valence electrons. The van der Waals surface area contributed by atoms with Crippen LogP contribution >= 0.6 is 0 Å². The van der Waals surface area contributed by atoms with Crippen molar-refractivity contribution in [2.45, 2.75) is 20.0 Å². The van der Waals surface area contributed by atoms with E-state index in [4.69, 9.17) is 9.47 Å². The molecule has 3 heteroatoms. The highest BCUT2D eigenvalue weighted by Gasteiger charge is 2.11. The van der Waals surface area contributed by atoms with Crippen molar-refractivity contribution in [1.29, 1.82) is 0 Å². The molecule has 0 heterocycles. The molecule has 0 aliphatic rings. The average Bonchev–Trinajstić information content (AvgIpc) is 2.27. The molecular formula is C13H18O3. The summed E-state index contributed by atoms with van der Waals surface area (Å²) in [7, 11) is 3.18. The number of hydrogen-bond acceptors (Lipinski definition) is 3. The second-order valence-electron chi connectivity index (χ2n) is 3.80. The van der Waals surface area contributed by atoms with Gasteiger partial charge >= 0.3 is 0 Å². The normalized spacial score (nSPS) is 11.8. The predicted octanol–water partition coefficient (Wildman–Crippen LogP) is 2.70. The zero-order valence-electron chi connectivity index (χ0n) is 10.2. The van der Waals surface area contributed by atoms with Crippen LogP contribution in [0.4, 0.5) is 0 Å². The molecule has 1 atom stereocenters. The number of aliphatic hydroxyl groups excluding tert-OH is 1. The first-order valence-corrected chi connectivity index (χ1v) is 5.13. The Bertz CT molecular complexity index is 379. The first-order valence-electron chi connectivity index (χ1n) is 5.13. The molecule has 0 fully saturated rings. The van der Waals surface area contributed by atoms with Gasteiger partial charge in [-0.2, -0.15) is 0 Å². The average molecular weight is 222 g/mol. The Balaban J connectivity index is 3.08. The van der Waals surface area contributed by atoms with Crippen LogP contribution in [0.2, 0.25) is 0 Å². The molecule has 1 unspecified atom stereocenters. The van der Waals surface area contributed by atoms with Crippen molar-refractivity contribution in [3.63, 3.8) is 0 Å². The van der Waals surface area contributed by atoms with E-state index < -0.39 is 6.10 Å². The lowest BCUT2D eigenvalue weighted by Crippen LogP contribution is -1.99. The number of benzene rings is 1. The third-order valence-corrected chi connectivity index (χ3v) is 2.25. The Morgan fingerprint density at radius 3 is 2.44 bits per heavy atom. The molecule has 0 amide bonds. The Morgan fingerprint density at radius 2 is 1.94 bits per heavy atom. The summed E-state index contributed by atoms with van der Waals surface area (Å²) >= 11 is 0. The summed E-state index contributed by atoms with van der Waals surface area (Å²) in [5.74, 6) is 1.34. The topological polar surface area (TPSA) is 38.7 Å². The number of methoxy groups -OCH3 is 2. The van der Waals surface area contributed by atoms with Crippen molar-refractivity contribution in [3.8, 4) is 11.5 Å². The van der Waals surface area contributed by atoms with Crippen molar-refractivity contribution in [1.82, 2.24) is 0 Å². The molecule has 1 aromatic rings. The summed E-state index contributed by atoms with van der Waals surface area (Å²) in [6.45, 7) is 3.89. The summed E-state index contributed by atoms with van der Waals surface area (Å²) in [6.07, 6.45) is 1.13. The molecule has 0 saturated carbocycles. The van der Waals surface area contributed by atoms with E-state index in [9.17, 15) is 5.11 Å². The Kier molecular flexibility index (Phi) is 4.38. The van der Waals surface area contributed by atoms with Gasteiger partial charge in [-0.3, -0.25) is 0 Å². The molecule has 1 N–H and O–H groups in total. The summed E-state index contributed by atoms with van der Waals surface area (Å²) in [5.41, 5.74) is 1.80. The highest BCUT2D eigenvalue weighted by atomic mass is 16.5. The maximum Gasteiger partial charge on any atom is 0.128 e. The lowest BCUT2D eigenvalue weighted by molar-refractivity contribution is 0.221. The van der Waals surface area contributed by atoms with Gasteiger partial charge in [-0.05, 0) is 26.0 Å². The van der Waals surface area contributed by atoms with E-state index in [1.807, 2.05) is 19.9 Å². The van der Waals surface area contributed by atoms with Gasteiger partial charge in [0.05, 0.1) is 14.2 Å². The molecule has 3 nitrogen and oxygen atoms in total. The van der Waals surface area contributed by atoms with E-state index in [0.717, 1.165) is 11.1 Å². The largest absolute Gasteiger partial charge is 0.497 e. The number of rotatable bonds is 4. The maximum atomic E-state index is 9.97. The summed E-state index contributed by atoms with van der Waals surface area (Å²) in [5, 5.41) is 9.97. The second-order valence-corrected chi connectivity index (χ2v) is 3.80. The fourth-order valence-electron chi connectivity index (χ4n) is 1.47. The van der Waals surface area contributed by atoms with Crippen LogP contribution in [0.5, 0.6) is 11.5 Å². The van der Waals surface area contributed by atoms with Crippen molar-refractivity contribution in [2.24, 2.45) is 0 Å². The summed E-state index contributed by atoms with van der Waals surface area (Å²) < 4.78 is 10.3. The Morgan fingerprint density at radius 1 is 1.25 bits per heavy atom. The molecule has 0 radical (unpaired) electrons. The summed E-state index contributed by atoms with van der Waals surface area (Å²) in [4.78, 5) is 0. The standard InChI is InChI=1S/C13H18O3/c1-9(2)7-12(14)11-6-5-10(15-3)8-13(11)16-4/h5-8,12,14H,1-4H3. The molecule has 1 aromatic carbocycles. The van der Waals surface area contributed by atoms with E-state index in [1.54, 1.807) is 32.4 Å². The minimum absolute atomic E-state index is 0.629. The van der Waals surface area contributed by atoms with Crippen molar-refractivity contribution >= 4 is 0 Å². The van der Waals surface area contributed by atoms with Crippen molar-refractivity contribution in [3.05, 3.63) is 35.4 Å². The van der Waals surface area contributed by atoms with Gasteiger partial charge < -0.3 is 14.6 Å². The van der Waals surface area contributed by atoms with Crippen molar-refractivity contribution in [2.75, 3.05) is 14.2 Å². The van der Waals surface area contributed by atoms with Gasteiger partial charge in [0.1, 0.15) is 17.6 Å². The van der Waals surface area contributed by atoms with Crippen LogP contribution in [0.15, 0.2) is 29.8 Å². The fraction of sp³-hybridized carbons (Fsp3) is 0.385. The van der Waals surface area contributed by atoms with Crippen LogP contribution in [-0.2, 0) is 0 Å². The monoisotopic (exact) mass is 222 g/mol. The quantitative estimate of drug-likeness (QED) is 0.796. The predicted molar refractivity (Wildman–Crippen MR) is 63.9 cm³/mol. The molecule has 1 rings (SSSR count). The van der Waals surface area contributed by atoms with Crippen LogP contribution in [0.1, 0.15) is 25.5 Å². The van der Waals surface area contributed by atoms with Gasteiger partial charge in [0, 0.05) is 11.6 Å². The fourth-order valence-corrected chi connectivity index (χ4v) is 1.47. The minimum Gasteiger partial charge on any atom is -0.497 e. The van der Waals surface area contributed by atoms with E-state index in [1.165, 1.54) is 0 Å².